The van der Waals surface area contributed by atoms with Crippen molar-refractivity contribution < 1.29 is 9.59 Å². The average Bonchev–Trinajstić information content (AvgIpc) is 2.93. The van der Waals surface area contributed by atoms with Crippen LogP contribution in [-0.2, 0) is 6.54 Å². The third kappa shape index (κ3) is 5.89. The summed E-state index contributed by atoms with van der Waals surface area (Å²) in [5.41, 5.74) is 5.30. The first kappa shape index (κ1) is 24.5. The highest BCUT2D eigenvalue weighted by atomic mass is 16.2. The minimum Gasteiger partial charge on any atom is -0.339 e. The fourth-order valence-electron chi connectivity index (χ4n) is 4.40. The van der Waals surface area contributed by atoms with Gasteiger partial charge in [-0.15, -0.1) is 0 Å². The minimum absolute atomic E-state index is 0.0348. The Morgan fingerprint density at radius 1 is 0.917 bits per heavy atom. The van der Waals surface area contributed by atoms with Gasteiger partial charge < -0.3 is 15.5 Å². The number of hydrogen-bond donors (Lipinski definition) is 2. The molecule has 36 heavy (non-hydrogen) atoms. The lowest BCUT2D eigenvalue weighted by Crippen LogP contribution is -2.38. The Hall–Kier alpha value is -4.62. The SMILES string of the molecule is Cc1ccc(NC(=O)NCc2ccc(C#N)cc2)cc1C(=O)N1CCC(c2ccc(C#N)cc2)CC1. The number of rotatable bonds is 5. The van der Waals surface area contributed by atoms with E-state index in [-0.39, 0.29) is 11.9 Å². The Balaban J connectivity index is 1.34. The molecule has 3 amide bonds. The van der Waals surface area contributed by atoms with E-state index in [4.69, 9.17) is 10.5 Å². The van der Waals surface area contributed by atoms with Crippen LogP contribution in [0.1, 0.15) is 56.9 Å². The van der Waals surface area contributed by atoms with Crippen LogP contribution >= 0.6 is 0 Å². The van der Waals surface area contributed by atoms with Gasteiger partial charge >= 0.3 is 6.03 Å². The number of urea groups is 1. The van der Waals surface area contributed by atoms with E-state index >= 15 is 0 Å². The molecule has 0 saturated carbocycles. The zero-order chi connectivity index (χ0) is 25.5. The molecular formula is C29H27N5O2. The van der Waals surface area contributed by atoms with Crippen LogP contribution in [0.3, 0.4) is 0 Å². The summed E-state index contributed by atoms with van der Waals surface area (Å²) in [5.74, 6) is 0.336. The number of aryl methyl sites for hydroxylation is 1. The first-order chi connectivity index (χ1) is 17.5. The van der Waals surface area contributed by atoms with Crippen molar-refractivity contribution in [1.29, 1.82) is 10.5 Å². The molecule has 7 heteroatoms. The Bertz CT molecular complexity index is 1330. The normalized spacial score (nSPS) is 13.4. The predicted octanol–water partition coefficient (Wildman–Crippen LogP) is 5.08. The van der Waals surface area contributed by atoms with Crippen LogP contribution in [0.15, 0.2) is 66.7 Å². The largest absolute Gasteiger partial charge is 0.339 e. The van der Waals surface area contributed by atoms with E-state index in [2.05, 4.69) is 22.8 Å². The molecule has 1 aliphatic heterocycles. The van der Waals surface area contributed by atoms with E-state index in [0.29, 0.717) is 47.9 Å². The molecule has 0 spiro atoms. The van der Waals surface area contributed by atoms with Gasteiger partial charge in [-0.2, -0.15) is 10.5 Å². The average molecular weight is 478 g/mol. The van der Waals surface area contributed by atoms with Gasteiger partial charge in [-0.1, -0.05) is 30.3 Å². The van der Waals surface area contributed by atoms with Crippen LogP contribution < -0.4 is 10.6 Å². The fraction of sp³-hybridized carbons (Fsp3) is 0.241. The van der Waals surface area contributed by atoms with Crippen molar-refractivity contribution in [1.82, 2.24) is 10.2 Å². The Kier molecular flexibility index (Phi) is 7.63. The molecule has 1 fully saturated rings. The number of likely N-dealkylation sites (tertiary alicyclic amines) is 1. The molecular weight excluding hydrogens is 450 g/mol. The zero-order valence-corrected chi connectivity index (χ0v) is 20.1. The van der Waals surface area contributed by atoms with Gasteiger partial charge in [0.25, 0.3) is 5.91 Å². The number of amides is 3. The summed E-state index contributed by atoms with van der Waals surface area (Å²) in [7, 11) is 0. The van der Waals surface area contributed by atoms with Crippen LogP contribution in [0.5, 0.6) is 0 Å². The molecule has 1 heterocycles. The maximum absolute atomic E-state index is 13.3. The number of carbonyl (C=O) groups excluding carboxylic acids is 2. The quantitative estimate of drug-likeness (QED) is 0.534. The summed E-state index contributed by atoms with van der Waals surface area (Å²) in [6.45, 7) is 3.53. The molecule has 1 saturated heterocycles. The summed E-state index contributed by atoms with van der Waals surface area (Å²) in [5, 5.41) is 23.5. The molecule has 4 rings (SSSR count). The first-order valence-corrected chi connectivity index (χ1v) is 11.9. The zero-order valence-electron chi connectivity index (χ0n) is 20.1. The van der Waals surface area contributed by atoms with E-state index in [1.807, 2.05) is 42.2 Å². The van der Waals surface area contributed by atoms with Crippen molar-refractivity contribution in [2.75, 3.05) is 18.4 Å². The second-order valence-corrected chi connectivity index (χ2v) is 8.95. The number of nitriles is 2. The van der Waals surface area contributed by atoms with Crippen LogP contribution in [0.4, 0.5) is 10.5 Å². The minimum atomic E-state index is -0.371. The van der Waals surface area contributed by atoms with E-state index in [0.717, 1.165) is 24.0 Å². The number of benzene rings is 3. The molecule has 7 nitrogen and oxygen atoms in total. The summed E-state index contributed by atoms with van der Waals surface area (Å²) in [6, 6.07) is 23.9. The van der Waals surface area contributed by atoms with Crippen molar-refractivity contribution in [2.45, 2.75) is 32.2 Å². The van der Waals surface area contributed by atoms with Crippen molar-refractivity contribution >= 4 is 17.6 Å². The number of nitrogens with one attached hydrogen (secondary N) is 2. The highest BCUT2D eigenvalue weighted by molar-refractivity contribution is 5.98. The van der Waals surface area contributed by atoms with E-state index in [1.165, 1.54) is 5.56 Å². The smallest absolute Gasteiger partial charge is 0.319 e. The molecule has 0 aliphatic carbocycles. The molecule has 2 N–H and O–H groups in total. The number of anilines is 1. The number of piperidine rings is 1. The van der Waals surface area contributed by atoms with E-state index in [1.54, 1.807) is 36.4 Å². The predicted molar refractivity (Wildman–Crippen MR) is 137 cm³/mol. The lowest BCUT2D eigenvalue weighted by molar-refractivity contribution is 0.0712. The summed E-state index contributed by atoms with van der Waals surface area (Å²) in [4.78, 5) is 27.6. The van der Waals surface area contributed by atoms with Gasteiger partial charge in [0.2, 0.25) is 0 Å². The first-order valence-electron chi connectivity index (χ1n) is 11.9. The Morgan fingerprint density at radius 3 is 2.14 bits per heavy atom. The van der Waals surface area contributed by atoms with Crippen LogP contribution in [0, 0.1) is 29.6 Å². The van der Waals surface area contributed by atoms with E-state index in [9.17, 15) is 9.59 Å². The summed E-state index contributed by atoms with van der Waals surface area (Å²) in [6.07, 6.45) is 1.73. The standard InChI is InChI=1S/C29H27N5O2/c1-20-2-11-26(33-29(36)32-19-23-5-3-21(17-30)4-6-23)16-27(20)28(35)34-14-12-25(13-15-34)24-9-7-22(18-31)8-10-24/h2-11,16,25H,12-15,19H2,1H3,(H2,32,33,36). The molecule has 180 valence electrons. The van der Waals surface area contributed by atoms with Crippen molar-refractivity contribution in [3.63, 3.8) is 0 Å². The molecule has 3 aromatic carbocycles. The van der Waals surface area contributed by atoms with Gasteiger partial charge in [-0.05, 0) is 78.8 Å². The lowest BCUT2D eigenvalue weighted by Gasteiger charge is -2.32. The highest BCUT2D eigenvalue weighted by Gasteiger charge is 2.25. The molecule has 0 bridgehead atoms. The molecule has 0 atom stereocenters. The van der Waals surface area contributed by atoms with Gasteiger partial charge in [0, 0.05) is 30.9 Å². The molecule has 0 radical (unpaired) electrons. The number of carbonyl (C=O) groups is 2. The van der Waals surface area contributed by atoms with Gasteiger partial charge in [0.15, 0.2) is 0 Å². The second-order valence-electron chi connectivity index (χ2n) is 8.95. The van der Waals surface area contributed by atoms with Crippen molar-refractivity contribution in [2.24, 2.45) is 0 Å². The highest BCUT2D eigenvalue weighted by Crippen LogP contribution is 2.29. The molecule has 3 aromatic rings. The van der Waals surface area contributed by atoms with Gasteiger partial charge in [0.05, 0.1) is 23.3 Å². The van der Waals surface area contributed by atoms with E-state index < -0.39 is 0 Å². The Morgan fingerprint density at radius 2 is 1.53 bits per heavy atom. The van der Waals surface area contributed by atoms with Gasteiger partial charge in [-0.25, -0.2) is 4.79 Å². The number of nitrogens with zero attached hydrogens (tertiary/aromatic N) is 3. The van der Waals surface area contributed by atoms with Crippen molar-refractivity contribution in [3.8, 4) is 12.1 Å². The second kappa shape index (κ2) is 11.2. The van der Waals surface area contributed by atoms with Gasteiger partial charge in [-0.3, -0.25) is 4.79 Å². The number of hydrogen-bond acceptors (Lipinski definition) is 4. The van der Waals surface area contributed by atoms with Crippen molar-refractivity contribution in [3.05, 3.63) is 100 Å². The third-order valence-electron chi connectivity index (χ3n) is 6.56. The Labute approximate surface area is 211 Å². The monoisotopic (exact) mass is 477 g/mol. The fourth-order valence-corrected chi connectivity index (χ4v) is 4.40. The van der Waals surface area contributed by atoms with Gasteiger partial charge in [0.1, 0.15) is 0 Å². The molecule has 0 aromatic heterocycles. The van der Waals surface area contributed by atoms with Crippen LogP contribution in [0.2, 0.25) is 0 Å². The summed E-state index contributed by atoms with van der Waals surface area (Å²) < 4.78 is 0. The van der Waals surface area contributed by atoms with Crippen LogP contribution in [0.25, 0.3) is 0 Å². The third-order valence-corrected chi connectivity index (χ3v) is 6.56. The maximum atomic E-state index is 13.3. The topological polar surface area (TPSA) is 109 Å². The maximum Gasteiger partial charge on any atom is 0.319 e. The molecule has 1 aliphatic rings. The molecule has 0 unspecified atom stereocenters. The summed E-state index contributed by atoms with van der Waals surface area (Å²) >= 11 is 0. The lowest BCUT2D eigenvalue weighted by atomic mass is 9.88. The van der Waals surface area contributed by atoms with Crippen LogP contribution in [-0.4, -0.2) is 29.9 Å².